The summed E-state index contributed by atoms with van der Waals surface area (Å²) in [5.41, 5.74) is -0.329. The number of nitrogens with zero attached hydrogens (tertiary/aromatic N) is 2. The molecule has 2 amide bonds. The number of piperidine rings is 1. The van der Waals surface area contributed by atoms with Crippen molar-refractivity contribution in [2.75, 3.05) is 26.7 Å². The molecule has 0 radical (unpaired) electrons. The molecule has 27 heavy (non-hydrogen) atoms. The SMILES string of the molecule is C=CCN1C(=O)[C@@H](CC(=O)N2CCCCC2)[C@]2(C(=O)OC)CCCCC=C12. The quantitative estimate of drug-likeness (QED) is 0.548. The minimum atomic E-state index is -1.04. The maximum atomic E-state index is 13.3. The van der Waals surface area contributed by atoms with E-state index < -0.39 is 17.3 Å². The lowest BCUT2D eigenvalue weighted by atomic mass is 9.71. The van der Waals surface area contributed by atoms with Crippen LogP contribution in [0.5, 0.6) is 0 Å². The van der Waals surface area contributed by atoms with E-state index in [2.05, 4.69) is 6.58 Å². The van der Waals surface area contributed by atoms with E-state index >= 15 is 0 Å². The number of likely N-dealkylation sites (tertiary alicyclic amines) is 2. The number of carbonyl (C=O) groups excluding carboxylic acids is 3. The van der Waals surface area contributed by atoms with Gasteiger partial charge in [-0.05, 0) is 38.5 Å². The molecule has 0 N–H and O–H groups in total. The molecule has 3 rings (SSSR count). The summed E-state index contributed by atoms with van der Waals surface area (Å²) in [6, 6.07) is 0. The molecule has 0 spiro atoms. The van der Waals surface area contributed by atoms with Gasteiger partial charge < -0.3 is 14.5 Å². The maximum Gasteiger partial charge on any atom is 0.318 e. The molecule has 0 bridgehead atoms. The molecule has 0 aromatic rings. The molecule has 2 atom stereocenters. The normalized spacial score (nSPS) is 28.3. The molecule has 2 saturated heterocycles. The standard InChI is InChI=1S/C21H30N2O4/c1-3-12-23-17-10-6-4-7-11-21(17,20(26)27-2)16(19(23)25)15-18(24)22-13-8-5-9-14-22/h3,10,16H,1,4-9,11-15H2,2H3/t16-,21-/m1/s1. The van der Waals surface area contributed by atoms with Crippen LogP contribution in [0.3, 0.4) is 0 Å². The number of rotatable bonds is 5. The van der Waals surface area contributed by atoms with Gasteiger partial charge in [-0.15, -0.1) is 6.58 Å². The Hall–Kier alpha value is -2.11. The third-order valence-electron chi connectivity index (χ3n) is 6.22. The van der Waals surface area contributed by atoms with Gasteiger partial charge in [0.05, 0.1) is 13.0 Å². The second-order valence-corrected chi connectivity index (χ2v) is 7.73. The minimum absolute atomic E-state index is 0.0274. The van der Waals surface area contributed by atoms with Gasteiger partial charge in [0.15, 0.2) is 0 Å². The Bertz CT molecular complexity index is 651. The Morgan fingerprint density at radius 1 is 1.26 bits per heavy atom. The van der Waals surface area contributed by atoms with E-state index in [-0.39, 0.29) is 18.2 Å². The maximum absolute atomic E-state index is 13.3. The van der Waals surface area contributed by atoms with Crippen LogP contribution in [0.15, 0.2) is 24.4 Å². The number of esters is 1. The molecule has 0 aromatic heterocycles. The van der Waals surface area contributed by atoms with Crippen LogP contribution in [-0.2, 0) is 19.1 Å². The van der Waals surface area contributed by atoms with Crippen LogP contribution in [0.25, 0.3) is 0 Å². The number of carbonyl (C=O) groups is 3. The summed E-state index contributed by atoms with van der Waals surface area (Å²) in [5, 5.41) is 0. The van der Waals surface area contributed by atoms with Crippen molar-refractivity contribution in [3.8, 4) is 0 Å². The van der Waals surface area contributed by atoms with Gasteiger partial charge in [-0.3, -0.25) is 14.4 Å². The summed E-state index contributed by atoms with van der Waals surface area (Å²) in [6.45, 7) is 5.58. The summed E-state index contributed by atoms with van der Waals surface area (Å²) < 4.78 is 5.17. The summed E-state index contributed by atoms with van der Waals surface area (Å²) in [6.07, 6.45) is 10.0. The van der Waals surface area contributed by atoms with Crippen molar-refractivity contribution >= 4 is 17.8 Å². The largest absolute Gasteiger partial charge is 0.468 e. The predicted molar refractivity (Wildman–Crippen MR) is 101 cm³/mol. The lowest BCUT2D eigenvalue weighted by Gasteiger charge is -2.33. The highest BCUT2D eigenvalue weighted by molar-refractivity contribution is 5.99. The summed E-state index contributed by atoms with van der Waals surface area (Å²) >= 11 is 0. The highest BCUT2D eigenvalue weighted by atomic mass is 16.5. The van der Waals surface area contributed by atoms with Crippen LogP contribution in [0.1, 0.15) is 51.4 Å². The zero-order chi connectivity index (χ0) is 19.4. The van der Waals surface area contributed by atoms with Gasteiger partial charge in [0, 0.05) is 31.8 Å². The van der Waals surface area contributed by atoms with Gasteiger partial charge in [0.1, 0.15) is 5.41 Å². The topological polar surface area (TPSA) is 66.9 Å². The number of ether oxygens (including phenoxy) is 1. The van der Waals surface area contributed by atoms with Crippen LogP contribution < -0.4 is 0 Å². The van der Waals surface area contributed by atoms with E-state index in [1.165, 1.54) is 7.11 Å². The highest BCUT2D eigenvalue weighted by Crippen LogP contribution is 2.53. The second kappa shape index (κ2) is 8.28. The van der Waals surface area contributed by atoms with E-state index in [0.29, 0.717) is 18.7 Å². The van der Waals surface area contributed by atoms with E-state index in [9.17, 15) is 14.4 Å². The third kappa shape index (κ3) is 3.42. The van der Waals surface area contributed by atoms with Crippen LogP contribution in [0.2, 0.25) is 0 Å². The van der Waals surface area contributed by atoms with Crippen LogP contribution >= 0.6 is 0 Å². The fourth-order valence-electron chi connectivity index (χ4n) is 4.88. The zero-order valence-corrected chi connectivity index (χ0v) is 16.2. The molecule has 0 saturated carbocycles. The monoisotopic (exact) mass is 374 g/mol. The fraction of sp³-hybridized carbons (Fsp3) is 0.667. The van der Waals surface area contributed by atoms with Crippen molar-refractivity contribution in [1.82, 2.24) is 9.80 Å². The van der Waals surface area contributed by atoms with Crippen molar-refractivity contribution < 1.29 is 19.1 Å². The molecule has 0 aromatic carbocycles. The summed E-state index contributed by atoms with van der Waals surface area (Å²) in [4.78, 5) is 42.7. The average Bonchev–Trinajstić information content (AvgIpc) is 2.84. The van der Waals surface area contributed by atoms with E-state index in [1.54, 1.807) is 11.0 Å². The van der Waals surface area contributed by atoms with Crippen molar-refractivity contribution in [2.45, 2.75) is 51.4 Å². The molecule has 2 heterocycles. The van der Waals surface area contributed by atoms with Crippen LogP contribution in [-0.4, -0.2) is 54.3 Å². The third-order valence-corrected chi connectivity index (χ3v) is 6.22. The fourth-order valence-corrected chi connectivity index (χ4v) is 4.88. The first-order valence-corrected chi connectivity index (χ1v) is 10.1. The Labute approximate surface area is 161 Å². The summed E-state index contributed by atoms with van der Waals surface area (Å²) in [5.74, 6) is -1.27. The second-order valence-electron chi connectivity index (χ2n) is 7.73. The molecule has 2 fully saturated rings. The first-order valence-electron chi connectivity index (χ1n) is 10.1. The van der Waals surface area contributed by atoms with Gasteiger partial charge in [0.25, 0.3) is 0 Å². The Morgan fingerprint density at radius 3 is 2.67 bits per heavy atom. The number of amides is 2. The minimum Gasteiger partial charge on any atom is -0.468 e. The van der Waals surface area contributed by atoms with E-state index in [0.717, 1.165) is 51.6 Å². The molecule has 6 heteroatoms. The van der Waals surface area contributed by atoms with Crippen molar-refractivity contribution in [3.63, 3.8) is 0 Å². The lowest BCUT2D eigenvalue weighted by molar-refractivity contribution is -0.156. The summed E-state index contributed by atoms with van der Waals surface area (Å²) in [7, 11) is 1.36. The van der Waals surface area contributed by atoms with Crippen molar-refractivity contribution in [1.29, 1.82) is 0 Å². The Kier molecular flexibility index (Phi) is 6.02. The van der Waals surface area contributed by atoms with Gasteiger partial charge in [-0.2, -0.15) is 0 Å². The molecular formula is C21H30N2O4. The number of methoxy groups -OCH3 is 1. The van der Waals surface area contributed by atoms with Gasteiger partial charge in [-0.25, -0.2) is 0 Å². The Balaban J connectivity index is 1.97. The number of allylic oxidation sites excluding steroid dienone is 1. The number of fused-ring (bicyclic) bond motifs is 1. The van der Waals surface area contributed by atoms with Crippen molar-refractivity contribution in [3.05, 3.63) is 24.4 Å². The van der Waals surface area contributed by atoms with Gasteiger partial charge >= 0.3 is 5.97 Å². The number of hydrogen-bond acceptors (Lipinski definition) is 4. The molecule has 1 aliphatic carbocycles. The molecule has 6 nitrogen and oxygen atoms in total. The van der Waals surface area contributed by atoms with Crippen LogP contribution in [0, 0.1) is 11.3 Å². The molecule has 2 aliphatic heterocycles. The molecule has 3 aliphatic rings. The first-order chi connectivity index (χ1) is 13.1. The van der Waals surface area contributed by atoms with E-state index in [4.69, 9.17) is 4.74 Å². The molecule has 0 unspecified atom stereocenters. The van der Waals surface area contributed by atoms with Crippen LogP contribution in [0.4, 0.5) is 0 Å². The Morgan fingerprint density at radius 2 is 2.00 bits per heavy atom. The molecular weight excluding hydrogens is 344 g/mol. The highest BCUT2D eigenvalue weighted by Gasteiger charge is 2.61. The van der Waals surface area contributed by atoms with E-state index in [1.807, 2.05) is 11.0 Å². The smallest absolute Gasteiger partial charge is 0.318 e. The predicted octanol–water partition coefficient (Wildman–Crippen LogP) is 2.65. The van der Waals surface area contributed by atoms with Gasteiger partial charge in [-0.1, -0.05) is 18.6 Å². The number of hydrogen-bond donors (Lipinski definition) is 0. The van der Waals surface area contributed by atoms with Gasteiger partial charge in [0.2, 0.25) is 11.8 Å². The zero-order valence-electron chi connectivity index (χ0n) is 16.2. The molecule has 148 valence electrons. The van der Waals surface area contributed by atoms with Crippen molar-refractivity contribution in [2.24, 2.45) is 11.3 Å². The lowest BCUT2D eigenvalue weighted by Crippen LogP contribution is -2.43. The first kappa shape index (κ1) is 19.6. The average molecular weight is 374 g/mol.